The molecule has 0 amide bonds. The van der Waals surface area contributed by atoms with E-state index in [1.54, 1.807) is 0 Å². The summed E-state index contributed by atoms with van der Waals surface area (Å²) < 4.78 is 26.6. The van der Waals surface area contributed by atoms with Crippen molar-refractivity contribution in [1.82, 2.24) is 4.31 Å². The highest BCUT2D eigenvalue weighted by Crippen LogP contribution is 2.31. The molecule has 1 saturated heterocycles. The zero-order chi connectivity index (χ0) is 15.8. The van der Waals surface area contributed by atoms with Gasteiger partial charge in [0.2, 0.25) is 10.0 Å². The van der Waals surface area contributed by atoms with Crippen LogP contribution in [0.3, 0.4) is 0 Å². The highest BCUT2D eigenvalue weighted by atomic mass is 32.2. The van der Waals surface area contributed by atoms with Crippen molar-refractivity contribution in [3.63, 3.8) is 0 Å². The number of hydrogen-bond donors (Lipinski definition) is 3. The van der Waals surface area contributed by atoms with Crippen molar-refractivity contribution in [2.45, 2.75) is 24.3 Å². The van der Waals surface area contributed by atoms with E-state index in [1.807, 2.05) is 6.92 Å². The lowest BCUT2D eigenvalue weighted by Crippen LogP contribution is -2.40. The molecule has 1 aliphatic rings. The van der Waals surface area contributed by atoms with Gasteiger partial charge in [0, 0.05) is 12.2 Å². The molecule has 1 fully saturated rings. The molecule has 4 N–H and O–H groups in total. The molecule has 21 heavy (non-hydrogen) atoms. The standard InChI is InChI=1S/C13H18N2O5S/c1-8-4-5-15(11(8)7-16)21(19,20)12-3-2-9(14)6-10(12)13(17)18/h2-3,6,8,11,16H,4-5,7,14H2,1H3,(H,17,18). The van der Waals surface area contributed by atoms with Crippen LogP contribution >= 0.6 is 0 Å². The normalized spacial score (nSPS) is 23.3. The van der Waals surface area contributed by atoms with E-state index in [2.05, 4.69) is 0 Å². The highest BCUT2D eigenvalue weighted by molar-refractivity contribution is 7.89. The lowest BCUT2D eigenvalue weighted by atomic mass is 10.0. The van der Waals surface area contributed by atoms with Gasteiger partial charge < -0.3 is 15.9 Å². The molecule has 0 bridgehead atoms. The maximum Gasteiger partial charge on any atom is 0.337 e. The van der Waals surface area contributed by atoms with Crippen LogP contribution in [0.4, 0.5) is 5.69 Å². The van der Waals surface area contributed by atoms with Gasteiger partial charge in [-0.3, -0.25) is 0 Å². The van der Waals surface area contributed by atoms with Gasteiger partial charge in [0.1, 0.15) is 0 Å². The summed E-state index contributed by atoms with van der Waals surface area (Å²) in [4.78, 5) is 11.0. The topological polar surface area (TPSA) is 121 Å². The predicted octanol–water partition coefficient (Wildman–Crippen LogP) is 0.358. The second kappa shape index (κ2) is 5.63. The number of nitrogens with two attached hydrogens (primary N) is 1. The van der Waals surface area contributed by atoms with E-state index in [0.717, 1.165) is 6.07 Å². The summed E-state index contributed by atoms with van der Waals surface area (Å²) >= 11 is 0. The lowest BCUT2D eigenvalue weighted by Gasteiger charge is -2.25. The van der Waals surface area contributed by atoms with Crippen LogP contribution in [0.1, 0.15) is 23.7 Å². The Morgan fingerprint density at radius 2 is 2.14 bits per heavy atom. The number of anilines is 1. The van der Waals surface area contributed by atoms with Gasteiger partial charge in [-0.2, -0.15) is 4.31 Å². The van der Waals surface area contributed by atoms with E-state index in [9.17, 15) is 23.4 Å². The largest absolute Gasteiger partial charge is 0.478 e. The van der Waals surface area contributed by atoms with Crippen LogP contribution in [0.5, 0.6) is 0 Å². The summed E-state index contributed by atoms with van der Waals surface area (Å²) in [6.45, 7) is 1.83. The number of aliphatic hydroxyl groups is 1. The Morgan fingerprint density at radius 3 is 2.71 bits per heavy atom. The zero-order valence-electron chi connectivity index (χ0n) is 11.6. The molecular weight excluding hydrogens is 296 g/mol. The Kier molecular flexibility index (Phi) is 4.22. The van der Waals surface area contributed by atoms with Gasteiger partial charge >= 0.3 is 5.97 Å². The average Bonchev–Trinajstić information content (AvgIpc) is 2.80. The minimum atomic E-state index is -3.99. The monoisotopic (exact) mass is 314 g/mol. The summed E-state index contributed by atoms with van der Waals surface area (Å²) in [6, 6.07) is 3.15. The number of rotatable bonds is 4. The molecular formula is C13H18N2O5S. The van der Waals surface area contributed by atoms with Gasteiger partial charge in [-0.1, -0.05) is 6.92 Å². The molecule has 1 aliphatic heterocycles. The summed E-state index contributed by atoms with van der Waals surface area (Å²) in [6.07, 6.45) is 0.627. The van der Waals surface area contributed by atoms with E-state index >= 15 is 0 Å². The molecule has 1 aromatic carbocycles. The molecule has 116 valence electrons. The Labute approximate surface area is 123 Å². The molecule has 7 nitrogen and oxygen atoms in total. The molecule has 0 saturated carbocycles. The van der Waals surface area contributed by atoms with E-state index in [-0.39, 0.29) is 35.2 Å². The van der Waals surface area contributed by atoms with Gasteiger partial charge in [0.25, 0.3) is 0 Å². The minimum Gasteiger partial charge on any atom is -0.478 e. The van der Waals surface area contributed by atoms with Crippen LogP contribution in [0, 0.1) is 5.92 Å². The Morgan fingerprint density at radius 1 is 1.48 bits per heavy atom. The molecule has 0 aliphatic carbocycles. The van der Waals surface area contributed by atoms with Gasteiger partial charge in [0.05, 0.1) is 23.1 Å². The van der Waals surface area contributed by atoms with Crippen molar-refractivity contribution in [1.29, 1.82) is 0 Å². The molecule has 2 unspecified atom stereocenters. The van der Waals surface area contributed by atoms with Gasteiger partial charge in [-0.05, 0) is 30.5 Å². The van der Waals surface area contributed by atoms with Crippen molar-refractivity contribution < 1.29 is 23.4 Å². The quantitative estimate of drug-likeness (QED) is 0.690. The molecule has 1 aromatic rings. The number of carboxylic acid groups (broad SMARTS) is 1. The molecule has 2 atom stereocenters. The molecule has 1 heterocycles. The molecule has 0 radical (unpaired) electrons. The smallest absolute Gasteiger partial charge is 0.337 e. The number of nitrogen functional groups attached to an aromatic ring is 1. The van der Waals surface area contributed by atoms with E-state index < -0.39 is 22.0 Å². The van der Waals surface area contributed by atoms with Crippen molar-refractivity contribution >= 4 is 21.7 Å². The van der Waals surface area contributed by atoms with Crippen LogP contribution in [0.2, 0.25) is 0 Å². The average molecular weight is 314 g/mol. The number of benzene rings is 1. The fourth-order valence-electron chi connectivity index (χ4n) is 2.61. The number of carbonyl (C=O) groups is 1. The second-order valence-electron chi connectivity index (χ2n) is 5.19. The van der Waals surface area contributed by atoms with Crippen molar-refractivity contribution in [3.8, 4) is 0 Å². The third-order valence-electron chi connectivity index (χ3n) is 3.84. The first-order valence-electron chi connectivity index (χ1n) is 6.54. The fraction of sp³-hybridized carbons (Fsp3) is 0.462. The van der Waals surface area contributed by atoms with Crippen molar-refractivity contribution in [3.05, 3.63) is 23.8 Å². The predicted molar refractivity (Wildman–Crippen MR) is 76.4 cm³/mol. The number of nitrogens with zero attached hydrogens (tertiary/aromatic N) is 1. The molecule has 8 heteroatoms. The van der Waals surface area contributed by atoms with Crippen molar-refractivity contribution in [2.24, 2.45) is 5.92 Å². The van der Waals surface area contributed by atoms with Crippen LogP contribution in [0.25, 0.3) is 0 Å². The van der Waals surface area contributed by atoms with Crippen LogP contribution in [-0.4, -0.2) is 48.1 Å². The highest BCUT2D eigenvalue weighted by Gasteiger charge is 2.40. The van der Waals surface area contributed by atoms with Crippen LogP contribution < -0.4 is 5.73 Å². The summed E-state index contributed by atoms with van der Waals surface area (Å²) in [7, 11) is -3.99. The number of carboxylic acids is 1. The number of aliphatic hydroxyl groups excluding tert-OH is 1. The van der Waals surface area contributed by atoms with Gasteiger partial charge in [0.15, 0.2) is 0 Å². The van der Waals surface area contributed by atoms with Gasteiger partial charge in [-0.25, -0.2) is 13.2 Å². The first-order chi connectivity index (χ1) is 9.78. The minimum absolute atomic E-state index is 0.0202. The lowest BCUT2D eigenvalue weighted by molar-refractivity contribution is 0.0692. The fourth-order valence-corrected chi connectivity index (χ4v) is 4.50. The van der Waals surface area contributed by atoms with Crippen LogP contribution in [0.15, 0.2) is 23.1 Å². The number of aromatic carboxylic acids is 1. The maximum absolute atomic E-state index is 12.7. The zero-order valence-corrected chi connectivity index (χ0v) is 12.4. The Hall–Kier alpha value is -1.64. The third-order valence-corrected chi connectivity index (χ3v) is 5.82. The first-order valence-corrected chi connectivity index (χ1v) is 7.98. The summed E-state index contributed by atoms with van der Waals surface area (Å²) in [5, 5.41) is 18.6. The molecule has 0 spiro atoms. The summed E-state index contributed by atoms with van der Waals surface area (Å²) in [5.74, 6) is -1.33. The van der Waals surface area contributed by atoms with E-state index in [4.69, 9.17) is 5.73 Å². The Balaban J connectivity index is 2.52. The third kappa shape index (κ3) is 2.74. The molecule has 0 aromatic heterocycles. The van der Waals surface area contributed by atoms with E-state index in [0.29, 0.717) is 6.42 Å². The SMILES string of the molecule is CC1CCN(S(=O)(=O)c2ccc(N)cc2C(=O)O)C1CO. The number of sulfonamides is 1. The maximum atomic E-state index is 12.7. The number of hydrogen-bond acceptors (Lipinski definition) is 5. The van der Waals surface area contributed by atoms with Crippen LogP contribution in [-0.2, 0) is 10.0 Å². The second-order valence-corrected chi connectivity index (χ2v) is 7.05. The van der Waals surface area contributed by atoms with Gasteiger partial charge in [-0.15, -0.1) is 0 Å². The summed E-state index contributed by atoms with van der Waals surface area (Å²) in [5.41, 5.74) is 5.35. The molecule has 2 rings (SSSR count). The van der Waals surface area contributed by atoms with E-state index in [1.165, 1.54) is 16.4 Å². The first kappa shape index (κ1) is 15.7. The van der Waals surface area contributed by atoms with Crippen molar-refractivity contribution in [2.75, 3.05) is 18.9 Å². The Bertz CT molecular complexity index is 659.